The highest BCUT2D eigenvalue weighted by atomic mass is 16.5. The summed E-state index contributed by atoms with van der Waals surface area (Å²) in [5, 5.41) is 0. The summed E-state index contributed by atoms with van der Waals surface area (Å²) >= 11 is 0. The van der Waals surface area contributed by atoms with E-state index in [0.717, 1.165) is 24.4 Å². The summed E-state index contributed by atoms with van der Waals surface area (Å²) in [5.74, 6) is 1.46. The van der Waals surface area contributed by atoms with Crippen LogP contribution < -0.4 is 4.74 Å². The Morgan fingerprint density at radius 3 is 2.48 bits per heavy atom. The van der Waals surface area contributed by atoms with Crippen LogP contribution >= 0.6 is 0 Å². The number of hydrogen-bond acceptors (Lipinski definition) is 2. The van der Waals surface area contributed by atoms with Gasteiger partial charge >= 0.3 is 0 Å². The van der Waals surface area contributed by atoms with Crippen molar-refractivity contribution in [1.29, 1.82) is 0 Å². The second-order valence-electron chi connectivity index (χ2n) is 7.26. The first-order valence-corrected chi connectivity index (χ1v) is 7.62. The summed E-state index contributed by atoms with van der Waals surface area (Å²) in [6.45, 7) is 12.4. The van der Waals surface area contributed by atoms with Gasteiger partial charge in [-0.15, -0.1) is 0 Å². The molecule has 1 aromatic rings. The van der Waals surface area contributed by atoms with Crippen molar-refractivity contribution < 1.29 is 9.53 Å². The second-order valence-corrected chi connectivity index (χ2v) is 7.26. The molecular weight excluding hydrogens is 262 g/mol. The van der Waals surface area contributed by atoms with E-state index in [1.807, 2.05) is 29.2 Å². The van der Waals surface area contributed by atoms with E-state index >= 15 is 0 Å². The molecule has 0 aromatic heterocycles. The summed E-state index contributed by atoms with van der Waals surface area (Å²) in [6.07, 6.45) is 0.431. The van der Waals surface area contributed by atoms with Crippen LogP contribution in [0.1, 0.15) is 40.2 Å². The van der Waals surface area contributed by atoms with Crippen LogP contribution in [-0.2, 0) is 11.2 Å². The first-order chi connectivity index (χ1) is 9.71. The monoisotopic (exact) mass is 291 g/mol. The molecule has 0 atom stereocenters. The maximum atomic E-state index is 12.6. The van der Waals surface area contributed by atoms with E-state index in [1.165, 1.54) is 0 Å². The summed E-state index contributed by atoms with van der Waals surface area (Å²) in [6, 6.07) is 7.74. The first kappa shape index (κ1) is 17.5. The van der Waals surface area contributed by atoms with Crippen LogP contribution in [0.3, 0.4) is 0 Å². The Morgan fingerprint density at radius 1 is 1.29 bits per heavy atom. The van der Waals surface area contributed by atoms with Crippen molar-refractivity contribution in [2.24, 2.45) is 11.3 Å². The summed E-state index contributed by atoms with van der Waals surface area (Å²) in [7, 11) is 1.64. The van der Waals surface area contributed by atoms with Gasteiger partial charge in [0.2, 0.25) is 5.91 Å². The maximum Gasteiger partial charge on any atom is 0.227 e. The fourth-order valence-electron chi connectivity index (χ4n) is 2.34. The fourth-order valence-corrected chi connectivity index (χ4v) is 2.34. The van der Waals surface area contributed by atoms with E-state index in [1.54, 1.807) is 7.11 Å². The van der Waals surface area contributed by atoms with Gasteiger partial charge in [0.15, 0.2) is 0 Å². The molecule has 3 heteroatoms. The second kappa shape index (κ2) is 7.48. The number of ether oxygens (including phenoxy) is 1. The smallest absolute Gasteiger partial charge is 0.227 e. The maximum absolute atomic E-state index is 12.6. The normalized spacial score (nSPS) is 11.6. The van der Waals surface area contributed by atoms with Crippen molar-refractivity contribution >= 4 is 5.91 Å². The van der Waals surface area contributed by atoms with Crippen LogP contribution in [0.5, 0.6) is 5.75 Å². The number of amides is 1. The molecule has 1 amide bonds. The zero-order chi connectivity index (χ0) is 16.0. The molecule has 1 aromatic carbocycles. The lowest BCUT2D eigenvalue weighted by Crippen LogP contribution is -2.40. The highest BCUT2D eigenvalue weighted by Gasteiger charge is 2.21. The van der Waals surface area contributed by atoms with Crippen LogP contribution in [0.4, 0.5) is 0 Å². The number of rotatable bonds is 6. The van der Waals surface area contributed by atoms with Gasteiger partial charge in [-0.2, -0.15) is 0 Å². The average molecular weight is 291 g/mol. The van der Waals surface area contributed by atoms with Gasteiger partial charge in [-0.25, -0.2) is 0 Å². The highest BCUT2D eigenvalue weighted by molar-refractivity contribution is 5.79. The Morgan fingerprint density at radius 2 is 1.95 bits per heavy atom. The van der Waals surface area contributed by atoms with Crippen LogP contribution in [0.25, 0.3) is 0 Å². The number of methoxy groups -OCH3 is 1. The SMILES string of the molecule is COc1cccc(CC(=O)N(CC(C)C)CC(C)(C)C)c1. The molecule has 0 aliphatic heterocycles. The molecule has 0 saturated heterocycles. The number of carbonyl (C=O) groups is 1. The van der Waals surface area contributed by atoms with E-state index in [2.05, 4.69) is 34.6 Å². The highest BCUT2D eigenvalue weighted by Crippen LogP contribution is 2.18. The molecule has 0 fully saturated rings. The Kier molecular flexibility index (Phi) is 6.25. The molecule has 0 saturated carbocycles. The summed E-state index contributed by atoms with van der Waals surface area (Å²) in [4.78, 5) is 14.6. The molecule has 21 heavy (non-hydrogen) atoms. The van der Waals surface area contributed by atoms with Crippen LogP contribution in [-0.4, -0.2) is 31.0 Å². The third-order valence-electron chi connectivity index (χ3n) is 3.09. The van der Waals surface area contributed by atoms with E-state index in [0.29, 0.717) is 12.3 Å². The third-order valence-corrected chi connectivity index (χ3v) is 3.09. The van der Waals surface area contributed by atoms with Gasteiger partial charge in [-0.3, -0.25) is 4.79 Å². The molecule has 118 valence electrons. The van der Waals surface area contributed by atoms with Crippen LogP contribution in [0.2, 0.25) is 0 Å². The molecular formula is C18H29NO2. The van der Waals surface area contributed by atoms with E-state index in [-0.39, 0.29) is 11.3 Å². The third kappa shape index (κ3) is 6.65. The van der Waals surface area contributed by atoms with E-state index < -0.39 is 0 Å². The zero-order valence-electron chi connectivity index (χ0n) is 14.3. The number of nitrogens with zero attached hydrogens (tertiary/aromatic N) is 1. The largest absolute Gasteiger partial charge is 0.497 e. The minimum absolute atomic E-state index is 0.110. The zero-order valence-corrected chi connectivity index (χ0v) is 14.3. The molecule has 0 radical (unpaired) electrons. The molecule has 3 nitrogen and oxygen atoms in total. The molecule has 0 N–H and O–H groups in total. The standard InChI is InChI=1S/C18H29NO2/c1-14(2)12-19(13-18(3,4)5)17(20)11-15-8-7-9-16(10-15)21-6/h7-10,14H,11-13H2,1-6H3. The van der Waals surface area contributed by atoms with Gasteiger partial charge < -0.3 is 9.64 Å². The predicted octanol–water partition coefficient (Wildman–Crippen LogP) is 3.77. The van der Waals surface area contributed by atoms with Crippen LogP contribution in [0, 0.1) is 11.3 Å². The van der Waals surface area contributed by atoms with Crippen molar-refractivity contribution in [1.82, 2.24) is 4.90 Å². The number of hydrogen-bond donors (Lipinski definition) is 0. The van der Waals surface area contributed by atoms with Gasteiger partial charge in [-0.1, -0.05) is 46.8 Å². The number of benzene rings is 1. The fraction of sp³-hybridized carbons (Fsp3) is 0.611. The molecule has 0 spiro atoms. The quantitative estimate of drug-likeness (QED) is 0.798. The summed E-state index contributed by atoms with van der Waals surface area (Å²) < 4.78 is 5.22. The topological polar surface area (TPSA) is 29.5 Å². The van der Waals surface area contributed by atoms with Crippen LogP contribution in [0.15, 0.2) is 24.3 Å². The lowest BCUT2D eigenvalue weighted by Gasteiger charge is -2.31. The lowest BCUT2D eigenvalue weighted by molar-refractivity contribution is -0.132. The Hall–Kier alpha value is -1.51. The Bertz CT molecular complexity index is 461. The molecule has 0 bridgehead atoms. The van der Waals surface area contributed by atoms with Crippen molar-refractivity contribution in [3.63, 3.8) is 0 Å². The number of carbonyl (C=O) groups excluding carboxylic acids is 1. The first-order valence-electron chi connectivity index (χ1n) is 7.62. The average Bonchev–Trinajstić information content (AvgIpc) is 2.36. The van der Waals surface area contributed by atoms with Crippen molar-refractivity contribution in [2.45, 2.75) is 41.0 Å². The van der Waals surface area contributed by atoms with Crippen molar-refractivity contribution in [3.8, 4) is 5.75 Å². The molecule has 0 unspecified atom stereocenters. The molecule has 0 heterocycles. The Labute approximate surface area is 129 Å². The minimum Gasteiger partial charge on any atom is -0.497 e. The predicted molar refractivity (Wildman–Crippen MR) is 87.6 cm³/mol. The molecule has 1 rings (SSSR count). The molecule has 0 aliphatic carbocycles. The van der Waals surface area contributed by atoms with Gasteiger partial charge in [-0.05, 0) is 29.0 Å². The van der Waals surface area contributed by atoms with Gasteiger partial charge in [0.1, 0.15) is 5.75 Å². The minimum atomic E-state index is 0.110. The Balaban J connectivity index is 2.79. The van der Waals surface area contributed by atoms with Crippen molar-refractivity contribution in [3.05, 3.63) is 29.8 Å². The molecule has 0 aliphatic rings. The van der Waals surface area contributed by atoms with Gasteiger partial charge in [0, 0.05) is 13.1 Å². The van der Waals surface area contributed by atoms with Gasteiger partial charge in [0.25, 0.3) is 0 Å². The summed E-state index contributed by atoms with van der Waals surface area (Å²) in [5.41, 5.74) is 1.11. The van der Waals surface area contributed by atoms with E-state index in [9.17, 15) is 4.79 Å². The van der Waals surface area contributed by atoms with E-state index in [4.69, 9.17) is 4.74 Å². The van der Waals surface area contributed by atoms with Crippen molar-refractivity contribution in [2.75, 3.05) is 20.2 Å². The lowest BCUT2D eigenvalue weighted by atomic mass is 9.95. The van der Waals surface area contributed by atoms with Gasteiger partial charge in [0.05, 0.1) is 13.5 Å².